The third-order valence-electron chi connectivity index (χ3n) is 2.30. The minimum absolute atomic E-state index is 0. The van der Waals surface area contributed by atoms with Gasteiger partial charge in [0.1, 0.15) is 0 Å². The Morgan fingerprint density at radius 1 is 1.50 bits per heavy atom. The molecule has 2 N–H and O–H groups in total. The van der Waals surface area contributed by atoms with Gasteiger partial charge in [0.25, 0.3) is 0 Å². The summed E-state index contributed by atoms with van der Waals surface area (Å²) in [4.78, 5) is 4.08. The Labute approximate surface area is 78.6 Å². The first kappa shape index (κ1) is 9.49. The number of hydrogen-bond donors (Lipinski definition) is 1. The van der Waals surface area contributed by atoms with E-state index >= 15 is 0 Å². The van der Waals surface area contributed by atoms with E-state index in [4.69, 9.17) is 5.73 Å². The number of aromatic nitrogens is 1. The van der Waals surface area contributed by atoms with Crippen LogP contribution in [0.3, 0.4) is 0 Å². The van der Waals surface area contributed by atoms with Gasteiger partial charge in [-0.1, -0.05) is 0 Å². The average molecular weight is 185 g/mol. The molecule has 2 rings (SSSR count). The second-order valence-electron chi connectivity index (χ2n) is 3.07. The maximum Gasteiger partial charge on any atom is 0.0303 e. The number of fused-ring (bicyclic) bond motifs is 1. The molecule has 12 heavy (non-hydrogen) atoms. The highest BCUT2D eigenvalue weighted by Crippen LogP contribution is 2.26. The largest absolute Gasteiger partial charge is 0.324 e. The van der Waals surface area contributed by atoms with Gasteiger partial charge in [-0.05, 0) is 36.5 Å². The van der Waals surface area contributed by atoms with Crippen LogP contribution in [0, 0.1) is 0 Å². The molecule has 0 bridgehead atoms. The summed E-state index contributed by atoms with van der Waals surface area (Å²) < 4.78 is 0. The summed E-state index contributed by atoms with van der Waals surface area (Å²) in [7, 11) is 0. The molecule has 0 saturated heterocycles. The highest BCUT2D eigenvalue weighted by atomic mass is 35.5. The molecule has 0 spiro atoms. The van der Waals surface area contributed by atoms with E-state index in [0.717, 1.165) is 12.8 Å². The van der Waals surface area contributed by atoms with Crippen LogP contribution in [0.1, 0.15) is 30.0 Å². The lowest BCUT2D eigenvalue weighted by Crippen LogP contribution is -2.17. The predicted molar refractivity (Wildman–Crippen MR) is 51.4 cm³/mol. The maximum atomic E-state index is 5.92. The maximum absolute atomic E-state index is 5.92. The molecule has 3 heteroatoms. The molecule has 1 aromatic rings. The second-order valence-corrected chi connectivity index (χ2v) is 3.07. The first-order chi connectivity index (χ1) is 5.38. The van der Waals surface area contributed by atoms with Gasteiger partial charge in [0.15, 0.2) is 0 Å². The summed E-state index contributed by atoms with van der Waals surface area (Å²) in [5.74, 6) is 0. The van der Waals surface area contributed by atoms with Crippen molar-refractivity contribution in [2.45, 2.75) is 25.3 Å². The summed E-state index contributed by atoms with van der Waals surface area (Å²) in [6.45, 7) is 0. The Hall–Kier alpha value is -0.600. The normalized spacial score (nSPS) is 20.9. The molecule has 0 fully saturated rings. The molecule has 1 aliphatic rings. The summed E-state index contributed by atoms with van der Waals surface area (Å²) in [6, 6.07) is 2.29. The lowest BCUT2D eigenvalue weighted by atomic mass is 9.90. The van der Waals surface area contributed by atoms with E-state index in [2.05, 4.69) is 4.98 Å². The van der Waals surface area contributed by atoms with Crippen molar-refractivity contribution in [3.8, 4) is 0 Å². The van der Waals surface area contributed by atoms with Crippen molar-refractivity contribution < 1.29 is 0 Å². The van der Waals surface area contributed by atoms with Crippen molar-refractivity contribution in [3.05, 3.63) is 29.6 Å². The zero-order chi connectivity index (χ0) is 7.68. The Kier molecular flexibility index (Phi) is 3.06. The number of hydrogen-bond acceptors (Lipinski definition) is 2. The van der Waals surface area contributed by atoms with E-state index in [9.17, 15) is 0 Å². The number of aryl methyl sites for hydroxylation is 1. The molecule has 0 aromatic carbocycles. The molecule has 1 atom stereocenters. The minimum atomic E-state index is 0. The Morgan fingerprint density at radius 3 is 3.08 bits per heavy atom. The second kappa shape index (κ2) is 3.87. The van der Waals surface area contributed by atoms with E-state index in [-0.39, 0.29) is 18.4 Å². The molecule has 1 unspecified atom stereocenters. The quantitative estimate of drug-likeness (QED) is 0.669. The summed E-state index contributed by atoms with van der Waals surface area (Å²) in [5.41, 5.74) is 8.56. The fourth-order valence-electron chi connectivity index (χ4n) is 1.68. The van der Waals surface area contributed by atoms with E-state index in [0.29, 0.717) is 0 Å². The topological polar surface area (TPSA) is 38.9 Å². The molecular formula is C9H13ClN2. The van der Waals surface area contributed by atoms with Crippen molar-refractivity contribution in [1.82, 2.24) is 4.98 Å². The molecule has 0 aliphatic heterocycles. The molecule has 1 aromatic heterocycles. The Bertz CT molecular complexity index is 262. The minimum Gasteiger partial charge on any atom is -0.324 e. The van der Waals surface area contributed by atoms with Crippen molar-refractivity contribution >= 4 is 12.4 Å². The van der Waals surface area contributed by atoms with Crippen LogP contribution in [0.25, 0.3) is 0 Å². The van der Waals surface area contributed by atoms with Gasteiger partial charge in [-0.3, -0.25) is 4.98 Å². The lowest BCUT2D eigenvalue weighted by Gasteiger charge is -2.20. The van der Waals surface area contributed by atoms with Gasteiger partial charge in [-0.2, -0.15) is 0 Å². The van der Waals surface area contributed by atoms with Crippen molar-refractivity contribution in [3.63, 3.8) is 0 Å². The molecule has 0 amide bonds. The third kappa shape index (κ3) is 1.59. The number of nitrogens with two attached hydrogens (primary N) is 1. The Balaban J connectivity index is 0.000000720. The van der Waals surface area contributed by atoms with Gasteiger partial charge in [-0.25, -0.2) is 0 Å². The van der Waals surface area contributed by atoms with Gasteiger partial charge in [0.05, 0.1) is 0 Å². The predicted octanol–water partition coefficient (Wildman–Crippen LogP) is 1.84. The van der Waals surface area contributed by atoms with Crippen molar-refractivity contribution in [1.29, 1.82) is 0 Å². The lowest BCUT2D eigenvalue weighted by molar-refractivity contribution is 0.568. The van der Waals surface area contributed by atoms with Gasteiger partial charge in [0.2, 0.25) is 0 Å². The summed E-state index contributed by atoms with van der Waals surface area (Å²) >= 11 is 0. The standard InChI is InChI=1S/C9H12N2.ClH/c10-9-3-1-2-7-6-11-5-4-8(7)9;/h4-6,9H,1-3,10H2;1H. The third-order valence-corrected chi connectivity index (χ3v) is 2.30. The Morgan fingerprint density at radius 2 is 2.33 bits per heavy atom. The van der Waals surface area contributed by atoms with E-state index in [1.807, 2.05) is 18.5 Å². The van der Waals surface area contributed by atoms with E-state index in [1.165, 1.54) is 17.5 Å². The van der Waals surface area contributed by atoms with Crippen LogP contribution in [0.4, 0.5) is 0 Å². The smallest absolute Gasteiger partial charge is 0.0303 e. The number of nitrogens with zero attached hydrogens (tertiary/aromatic N) is 1. The van der Waals surface area contributed by atoms with Crippen LogP contribution in [0.15, 0.2) is 18.5 Å². The van der Waals surface area contributed by atoms with Crippen LogP contribution < -0.4 is 5.73 Å². The summed E-state index contributed by atoms with van der Waals surface area (Å²) in [5, 5.41) is 0. The fourth-order valence-corrected chi connectivity index (χ4v) is 1.68. The number of rotatable bonds is 0. The molecule has 66 valence electrons. The van der Waals surface area contributed by atoms with E-state index < -0.39 is 0 Å². The van der Waals surface area contributed by atoms with Crippen LogP contribution in [0.2, 0.25) is 0 Å². The van der Waals surface area contributed by atoms with Crippen molar-refractivity contribution in [2.75, 3.05) is 0 Å². The molecule has 1 aliphatic carbocycles. The molecule has 0 radical (unpaired) electrons. The van der Waals surface area contributed by atoms with Gasteiger partial charge in [-0.15, -0.1) is 12.4 Å². The zero-order valence-electron chi connectivity index (χ0n) is 6.86. The van der Waals surface area contributed by atoms with Crippen LogP contribution in [-0.4, -0.2) is 4.98 Å². The van der Waals surface area contributed by atoms with Gasteiger partial charge in [0, 0.05) is 18.4 Å². The summed E-state index contributed by atoms with van der Waals surface area (Å²) in [6.07, 6.45) is 7.24. The molecule has 1 heterocycles. The van der Waals surface area contributed by atoms with Gasteiger partial charge >= 0.3 is 0 Å². The number of halogens is 1. The fraction of sp³-hybridized carbons (Fsp3) is 0.444. The van der Waals surface area contributed by atoms with Crippen molar-refractivity contribution in [2.24, 2.45) is 5.73 Å². The monoisotopic (exact) mass is 184 g/mol. The average Bonchev–Trinajstić information content (AvgIpc) is 2.06. The SMILES string of the molecule is Cl.NC1CCCc2cnccc21. The van der Waals surface area contributed by atoms with Crippen LogP contribution in [-0.2, 0) is 6.42 Å². The first-order valence-corrected chi connectivity index (χ1v) is 4.06. The zero-order valence-corrected chi connectivity index (χ0v) is 7.68. The molecule has 0 saturated carbocycles. The first-order valence-electron chi connectivity index (χ1n) is 4.06. The van der Waals surface area contributed by atoms with Gasteiger partial charge < -0.3 is 5.73 Å². The van der Waals surface area contributed by atoms with E-state index in [1.54, 1.807) is 0 Å². The van der Waals surface area contributed by atoms with Crippen LogP contribution in [0.5, 0.6) is 0 Å². The molecule has 2 nitrogen and oxygen atoms in total. The highest BCUT2D eigenvalue weighted by molar-refractivity contribution is 5.85. The number of pyridine rings is 1. The highest BCUT2D eigenvalue weighted by Gasteiger charge is 2.15. The molecular weight excluding hydrogens is 172 g/mol. The van der Waals surface area contributed by atoms with Crippen LogP contribution >= 0.6 is 12.4 Å².